The monoisotopic (exact) mass is 370 g/mol. The van der Waals surface area contributed by atoms with Crippen molar-refractivity contribution in [1.29, 1.82) is 5.26 Å². The first-order valence-electron chi connectivity index (χ1n) is 10.1. The largest absolute Gasteiger partial charge is 0.465 e. The quantitative estimate of drug-likeness (QED) is 0.880. The molecule has 1 N–H and O–H groups in total. The van der Waals surface area contributed by atoms with Crippen molar-refractivity contribution in [2.75, 3.05) is 19.6 Å². The Balaban J connectivity index is 1.69. The fourth-order valence-corrected chi connectivity index (χ4v) is 4.70. The van der Waals surface area contributed by atoms with Gasteiger partial charge in [-0.2, -0.15) is 5.26 Å². The van der Waals surface area contributed by atoms with E-state index in [2.05, 4.69) is 22.9 Å². The summed E-state index contributed by atoms with van der Waals surface area (Å²) in [5, 5.41) is 19.4. The Labute approximate surface area is 161 Å². The van der Waals surface area contributed by atoms with Crippen LogP contribution in [0.4, 0.5) is 4.79 Å². The molecule has 3 rings (SSSR count). The molecule has 1 unspecified atom stereocenters. The Morgan fingerprint density at radius 3 is 2.74 bits per heavy atom. The van der Waals surface area contributed by atoms with Crippen LogP contribution in [-0.4, -0.2) is 57.7 Å². The van der Waals surface area contributed by atoms with Crippen LogP contribution in [0.1, 0.15) is 56.7 Å². The molecule has 146 valence electrons. The third kappa shape index (κ3) is 4.08. The molecule has 1 aromatic heterocycles. The fourth-order valence-electron chi connectivity index (χ4n) is 4.70. The van der Waals surface area contributed by atoms with Gasteiger partial charge in [0.15, 0.2) is 0 Å². The van der Waals surface area contributed by atoms with Crippen molar-refractivity contribution in [1.82, 2.24) is 14.8 Å². The van der Waals surface area contributed by atoms with Crippen molar-refractivity contribution in [2.45, 2.75) is 69.9 Å². The highest BCUT2D eigenvalue weighted by molar-refractivity contribution is 5.65. The number of rotatable bonds is 3. The van der Waals surface area contributed by atoms with Crippen molar-refractivity contribution in [3.63, 3.8) is 0 Å². The van der Waals surface area contributed by atoms with Crippen LogP contribution in [0.15, 0.2) is 18.3 Å². The van der Waals surface area contributed by atoms with Crippen molar-refractivity contribution in [3.8, 4) is 6.07 Å². The molecule has 0 bridgehead atoms. The molecule has 1 amide bonds. The van der Waals surface area contributed by atoms with Gasteiger partial charge in [0.2, 0.25) is 0 Å². The van der Waals surface area contributed by atoms with Gasteiger partial charge in [0.05, 0.1) is 17.2 Å². The third-order valence-electron chi connectivity index (χ3n) is 6.39. The second-order valence-electron chi connectivity index (χ2n) is 8.03. The van der Waals surface area contributed by atoms with Gasteiger partial charge in [-0.15, -0.1) is 0 Å². The van der Waals surface area contributed by atoms with E-state index >= 15 is 0 Å². The first-order chi connectivity index (χ1) is 13.0. The van der Waals surface area contributed by atoms with Gasteiger partial charge in [0.25, 0.3) is 0 Å². The van der Waals surface area contributed by atoms with E-state index in [0.717, 1.165) is 62.9 Å². The molecule has 27 heavy (non-hydrogen) atoms. The standard InChI is InChI=1S/C21H30N4O2/c1-3-17-14-24(11-4-12-25(17)20(26)27)18-5-8-21(15-22,9-6-18)19-13-16(2)7-10-23-19/h7,10,13,17-18H,3-6,8-9,11-12,14H2,1-2H3,(H,26,27). The van der Waals surface area contributed by atoms with Crippen LogP contribution in [0.25, 0.3) is 0 Å². The maximum absolute atomic E-state index is 11.5. The summed E-state index contributed by atoms with van der Waals surface area (Å²) in [5.41, 5.74) is 1.57. The van der Waals surface area contributed by atoms with Gasteiger partial charge >= 0.3 is 6.09 Å². The van der Waals surface area contributed by atoms with Crippen molar-refractivity contribution in [2.24, 2.45) is 0 Å². The number of aryl methyl sites for hydroxylation is 1. The van der Waals surface area contributed by atoms with Crippen molar-refractivity contribution >= 4 is 6.09 Å². The van der Waals surface area contributed by atoms with E-state index < -0.39 is 11.5 Å². The third-order valence-corrected chi connectivity index (χ3v) is 6.39. The zero-order valence-corrected chi connectivity index (χ0v) is 16.4. The molecule has 0 aromatic carbocycles. The lowest BCUT2D eigenvalue weighted by Crippen LogP contribution is -2.48. The predicted molar refractivity (Wildman–Crippen MR) is 104 cm³/mol. The average molecular weight is 370 g/mol. The van der Waals surface area contributed by atoms with E-state index in [1.165, 1.54) is 0 Å². The van der Waals surface area contributed by atoms with Crippen molar-refractivity contribution in [3.05, 3.63) is 29.6 Å². The number of pyridine rings is 1. The smallest absolute Gasteiger partial charge is 0.407 e. The first-order valence-corrected chi connectivity index (χ1v) is 10.1. The molecule has 6 heteroatoms. The lowest BCUT2D eigenvalue weighted by atomic mass is 9.70. The fraction of sp³-hybridized carbons (Fsp3) is 0.667. The normalized spacial score (nSPS) is 29.7. The highest BCUT2D eigenvalue weighted by Gasteiger charge is 2.41. The summed E-state index contributed by atoms with van der Waals surface area (Å²) in [6.07, 6.45) is 6.28. The summed E-state index contributed by atoms with van der Waals surface area (Å²) in [6.45, 7) is 6.46. The summed E-state index contributed by atoms with van der Waals surface area (Å²) < 4.78 is 0. The van der Waals surface area contributed by atoms with Gasteiger partial charge in [0, 0.05) is 37.9 Å². The minimum Gasteiger partial charge on any atom is -0.465 e. The van der Waals surface area contributed by atoms with Crippen molar-refractivity contribution < 1.29 is 9.90 Å². The Hall–Kier alpha value is -2.13. The molecule has 6 nitrogen and oxygen atoms in total. The van der Waals surface area contributed by atoms with Crippen LogP contribution in [0.2, 0.25) is 0 Å². The maximum atomic E-state index is 11.5. The lowest BCUT2D eigenvalue weighted by molar-refractivity contribution is 0.101. The number of nitrogens with zero attached hydrogens (tertiary/aromatic N) is 4. The zero-order valence-electron chi connectivity index (χ0n) is 16.4. The molecule has 1 aromatic rings. The predicted octanol–water partition coefficient (Wildman–Crippen LogP) is 3.56. The molecule has 1 aliphatic heterocycles. The van der Waals surface area contributed by atoms with Gasteiger partial charge in [-0.05, 0) is 63.1 Å². The van der Waals surface area contributed by atoms with Gasteiger partial charge in [-0.1, -0.05) is 6.92 Å². The summed E-state index contributed by atoms with van der Waals surface area (Å²) in [7, 11) is 0. The number of carboxylic acid groups (broad SMARTS) is 1. The number of amides is 1. The number of carbonyl (C=O) groups is 1. The van der Waals surface area contributed by atoms with Crippen LogP contribution in [0.5, 0.6) is 0 Å². The Bertz CT molecular complexity index is 706. The van der Waals surface area contributed by atoms with Gasteiger partial charge in [-0.3, -0.25) is 9.88 Å². The van der Waals surface area contributed by atoms with E-state index in [1.54, 1.807) is 11.1 Å². The van der Waals surface area contributed by atoms with E-state index in [1.807, 2.05) is 19.1 Å². The van der Waals surface area contributed by atoms with Gasteiger partial charge < -0.3 is 10.0 Å². The highest BCUT2D eigenvalue weighted by atomic mass is 16.4. The number of aromatic nitrogens is 1. The molecule has 0 radical (unpaired) electrons. The number of nitriles is 1. The first kappa shape index (κ1) is 19.6. The van der Waals surface area contributed by atoms with Crippen LogP contribution in [0.3, 0.4) is 0 Å². The highest BCUT2D eigenvalue weighted by Crippen LogP contribution is 2.40. The molecule has 1 saturated heterocycles. The molecule has 2 heterocycles. The number of hydrogen-bond donors (Lipinski definition) is 1. The Morgan fingerprint density at radius 2 is 2.15 bits per heavy atom. The molecular formula is C21H30N4O2. The van der Waals surface area contributed by atoms with E-state index in [-0.39, 0.29) is 6.04 Å². The van der Waals surface area contributed by atoms with Crippen LogP contribution >= 0.6 is 0 Å². The molecule has 2 fully saturated rings. The molecule has 2 aliphatic rings. The minimum atomic E-state index is -0.804. The summed E-state index contributed by atoms with van der Waals surface area (Å²) in [5.74, 6) is 0. The zero-order chi connectivity index (χ0) is 19.4. The molecule has 1 saturated carbocycles. The van der Waals surface area contributed by atoms with Gasteiger partial charge in [-0.25, -0.2) is 4.79 Å². The molecular weight excluding hydrogens is 340 g/mol. The van der Waals surface area contributed by atoms with Crippen LogP contribution in [0, 0.1) is 18.3 Å². The van der Waals surface area contributed by atoms with E-state index in [0.29, 0.717) is 12.6 Å². The second-order valence-corrected chi connectivity index (χ2v) is 8.03. The minimum absolute atomic E-state index is 0.0612. The average Bonchev–Trinajstić information content (AvgIpc) is 2.90. The summed E-state index contributed by atoms with van der Waals surface area (Å²) >= 11 is 0. The molecule has 1 atom stereocenters. The number of hydrogen-bond acceptors (Lipinski definition) is 4. The van der Waals surface area contributed by atoms with Gasteiger partial charge in [0.1, 0.15) is 0 Å². The maximum Gasteiger partial charge on any atom is 0.407 e. The van der Waals surface area contributed by atoms with E-state index in [9.17, 15) is 15.2 Å². The SMILES string of the molecule is CCC1CN(C2CCC(C#N)(c3cc(C)ccn3)CC2)CCCN1C(=O)O. The summed E-state index contributed by atoms with van der Waals surface area (Å²) in [6, 6.07) is 7.08. The lowest BCUT2D eigenvalue weighted by Gasteiger charge is -2.40. The topological polar surface area (TPSA) is 80.5 Å². The Morgan fingerprint density at radius 1 is 1.41 bits per heavy atom. The van der Waals surface area contributed by atoms with E-state index in [4.69, 9.17) is 0 Å². The van der Waals surface area contributed by atoms with Crippen LogP contribution in [-0.2, 0) is 5.41 Å². The molecule has 1 aliphatic carbocycles. The molecule has 0 spiro atoms. The van der Waals surface area contributed by atoms with Crippen LogP contribution < -0.4 is 0 Å². The second kappa shape index (κ2) is 8.26. The Kier molecular flexibility index (Phi) is 6.01. The summed E-state index contributed by atoms with van der Waals surface area (Å²) in [4.78, 5) is 20.1.